The van der Waals surface area contributed by atoms with E-state index in [2.05, 4.69) is 14.9 Å². The molecule has 0 bridgehead atoms. The molecule has 1 unspecified atom stereocenters. The van der Waals surface area contributed by atoms with Crippen molar-refractivity contribution in [1.29, 1.82) is 0 Å². The highest BCUT2D eigenvalue weighted by Gasteiger charge is 2.24. The number of carbonyl (C=O) groups is 1. The fourth-order valence-electron chi connectivity index (χ4n) is 2.28. The average molecular weight is 260 g/mol. The summed E-state index contributed by atoms with van der Waals surface area (Å²) in [6, 6.07) is 5.89. The van der Waals surface area contributed by atoms with E-state index in [1.807, 2.05) is 18.2 Å². The van der Waals surface area contributed by atoms with Gasteiger partial charge in [0.2, 0.25) is 0 Å². The smallest absolute Gasteiger partial charge is 0.273 e. The molecule has 1 aliphatic carbocycles. The van der Waals surface area contributed by atoms with Gasteiger partial charge in [0.25, 0.3) is 5.91 Å². The summed E-state index contributed by atoms with van der Waals surface area (Å²) >= 11 is 1.17. The molecule has 0 saturated heterocycles. The molecule has 3 N–H and O–H groups in total. The maximum absolute atomic E-state index is 11.9. The van der Waals surface area contributed by atoms with Gasteiger partial charge >= 0.3 is 0 Å². The first-order chi connectivity index (χ1) is 8.74. The lowest BCUT2D eigenvalue weighted by molar-refractivity contribution is 0.0931. The van der Waals surface area contributed by atoms with Gasteiger partial charge in [0.15, 0.2) is 5.69 Å². The lowest BCUT2D eigenvalue weighted by Crippen LogP contribution is -2.27. The molecular formula is C12H12N4OS. The third-order valence-electron chi connectivity index (χ3n) is 3.14. The van der Waals surface area contributed by atoms with E-state index in [9.17, 15) is 4.79 Å². The van der Waals surface area contributed by atoms with Crippen LogP contribution in [-0.2, 0) is 6.42 Å². The number of nitrogens with zero attached hydrogens (tertiary/aromatic N) is 2. The van der Waals surface area contributed by atoms with Gasteiger partial charge in [-0.1, -0.05) is 10.6 Å². The molecule has 92 valence electrons. The number of nitrogen functional groups attached to an aromatic ring is 1. The summed E-state index contributed by atoms with van der Waals surface area (Å²) in [5, 5.41) is 8.39. The monoisotopic (exact) mass is 260 g/mol. The van der Waals surface area contributed by atoms with Crippen LogP contribution < -0.4 is 11.1 Å². The van der Waals surface area contributed by atoms with E-state index in [1.54, 1.807) is 5.38 Å². The number of carbonyl (C=O) groups excluding carboxylic acids is 1. The number of rotatable bonds is 2. The van der Waals surface area contributed by atoms with E-state index >= 15 is 0 Å². The van der Waals surface area contributed by atoms with Crippen LogP contribution in [-0.4, -0.2) is 15.5 Å². The normalized spacial score (nSPS) is 17.4. The van der Waals surface area contributed by atoms with Gasteiger partial charge in [-0.25, -0.2) is 0 Å². The first kappa shape index (κ1) is 11.2. The highest BCUT2D eigenvalue weighted by atomic mass is 32.1. The van der Waals surface area contributed by atoms with E-state index in [1.165, 1.54) is 17.1 Å². The molecule has 1 heterocycles. The predicted molar refractivity (Wildman–Crippen MR) is 69.3 cm³/mol. The minimum absolute atomic E-state index is 0.0507. The number of nitrogens with one attached hydrogen (secondary N) is 1. The molecular weight excluding hydrogens is 248 g/mol. The first-order valence-electron chi connectivity index (χ1n) is 5.70. The molecule has 1 aromatic carbocycles. The zero-order valence-corrected chi connectivity index (χ0v) is 10.4. The molecule has 0 saturated carbocycles. The largest absolute Gasteiger partial charge is 0.399 e. The van der Waals surface area contributed by atoms with E-state index in [4.69, 9.17) is 5.73 Å². The van der Waals surface area contributed by atoms with Crippen molar-refractivity contribution in [2.24, 2.45) is 0 Å². The summed E-state index contributed by atoms with van der Waals surface area (Å²) in [5.74, 6) is -0.168. The third-order valence-corrected chi connectivity index (χ3v) is 3.65. The topological polar surface area (TPSA) is 80.9 Å². The molecule has 6 heteroatoms. The van der Waals surface area contributed by atoms with E-state index in [-0.39, 0.29) is 11.9 Å². The van der Waals surface area contributed by atoms with Gasteiger partial charge < -0.3 is 11.1 Å². The van der Waals surface area contributed by atoms with Gasteiger partial charge in [0.05, 0.1) is 6.04 Å². The van der Waals surface area contributed by atoms with Crippen LogP contribution in [0.3, 0.4) is 0 Å². The van der Waals surface area contributed by atoms with Crippen LogP contribution in [0.1, 0.15) is 34.1 Å². The van der Waals surface area contributed by atoms with Gasteiger partial charge in [-0.05, 0) is 47.6 Å². The van der Waals surface area contributed by atoms with Crippen molar-refractivity contribution in [3.63, 3.8) is 0 Å². The maximum atomic E-state index is 11.9. The zero-order valence-electron chi connectivity index (χ0n) is 9.59. The molecule has 2 aromatic rings. The maximum Gasteiger partial charge on any atom is 0.273 e. The Morgan fingerprint density at radius 2 is 2.39 bits per heavy atom. The molecule has 0 fully saturated rings. The summed E-state index contributed by atoms with van der Waals surface area (Å²) in [7, 11) is 0. The molecule has 1 amide bonds. The average Bonchev–Trinajstić information content (AvgIpc) is 2.98. The Morgan fingerprint density at radius 1 is 1.50 bits per heavy atom. The number of aryl methyl sites for hydroxylation is 1. The van der Waals surface area contributed by atoms with Crippen LogP contribution >= 0.6 is 11.5 Å². The van der Waals surface area contributed by atoms with Crippen LogP contribution in [0.5, 0.6) is 0 Å². The van der Waals surface area contributed by atoms with Crippen molar-refractivity contribution in [2.75, 3.05) is 5.73 Å². The van der Waals surface area contributed by atoms with Crippen LogP contribution in [0.15, 0.2) is 23.6 Å². The number of benzene rings is 1. The fraction of sp³-hybridized carbons (Fsp3) is 0.250. The van der Waals surface area contributed by atoms with Crippen molar-refractivity contribution in [3.8, 4) is 0 Å². The molecule has 18 heavy (non-hydrogen) atoms. The quantitative estimate of drug-likeness (QED) is 0.802. The molecule has 0 aliphatic heterocycles. The first-order valence-corrected chi connectivity index (χ1v) is 6.54. The summed E-state index contributed by atoms with van der Waals surface area (Å²) in [6.07, 6.45) is 1.85. The zero-order chi connectivity index (χ0) is 12.5. The Kier molecular flexibility index (Phi) is 2.71. The van der Waals surface area contributed by atoms with Crippen LogP contribution in [0.4, 0.5) is 5.69 Å². The van der Waals surface area contributed by atoms with Gasteiger partial charge in [0.1, 0.15) is 0 Å². The molecule has 0 spiro atoms. The van der Waals surface area contributed by atoms with Crippen molar-refractivity contribution in [3.05, 3.63) is 40.4 Å². The minimum Gasteiger partial charge on any atom is -0.399 e. The van der Waals surface area contributed by atoms with E-state index in [0.717, 1.165) is 24.1 Å². The number of aromatic nitrogens is 2. The van der Waals surface area contributed by atoms with Gasteiger partial charge in [-0.15, -0.1) is 5.10 Å². The SMILES string of the molecule is Nc1ccc2c(c1)CCC2NC(=O)c1csnn1. The highest BCUT2D eigenvalue weighted by Crippen LogP contribution is 2.32. The second kappa shape index (κ2) is 4.38. The van der Waals surface area contributed by atoms with Crippen molar-refractivity contribution >= 4 is 23.1 Å². The Bertz CT molecular complexity index is 582. The van der Waals surface area contributed by atoms with Crippen molar-refractivity contribution < 1.29 is 4.79 Å². The third kappa shape index (κ3) is 1.95. The number of fused-ring (bicyclic) bond motifs is 1. The summed E-state index contributed by atoms with van der Waals surface area (Å²) < 4.78 is 3.69. The number of anilines is 1. The van der Waals surface area contributed by atoms with Crippen molar-refractivity contribution in [1.82, 2.24) is 14.9 Å². The Hall–Kier alpha value is -1.95. The van der Waals surface area contributed by atoms with E-state index in [0.29, 0.717) is 5.69 Å². The number of hydrogen-bond donors (Lipinski definition) is 2. The lowest BCUT2D eigenvalue weighted by atomic mass is 10.1. The summed E-state index contributed by atoms with van der Waals surface area (Å²) in [6.45, 7) is 0. The van der Waals surface area contributed by atoms with Crippen LogP contribution in [0.2, 0.25) is 0 Å². The van der Waals surface area contributed by atoms with E-state index < -0.39 is 0 Å². The molecule has 3 rings (SSSR count). The van der Waals surface area contributed by atoms with Gasteiger partial charge in [-0.3, -0.25) is 4.79 Å². The second-order valence-corrected chi connectivity index (χ2v) is 4.92. The molecule has 5 nitrogen and oxygen atoms in total. The fourth-order valence-corrected chi connectivity index (χ4v) is 2.72. The van der Waals surface area contributed by atoms with Gasteiger partial charge in [0, 0.05) is 11.1 Å². The number of hydrogen-bond acceptors (Lipinski definition) is 5. The molecule has 1 aliphatic rings. The Morgan fingerprint density at radius 3 is 3.17 bits per heavy atom. The van der Waals surface area contributed by atoms with Crippen molar-refractivity contribution in [2.45, 2.75) is 18.9 Å². The molecule has 0 radical (unpaired) electrons. The van der Waals surface area contributed by atoms with Crippen LogP contribution in [0.25, 0.3) is 0 Å². The Balaban J connectivity index is 1.79. The van der Waals surface area contributed by atoms with Crippen LogP contribution in [0, 0.1) is 0 Å². The lowest BCUT2D eigenvalue weighted by Gasteiger charge is -2.13. The molecule has 1 atom stereocenters. The second-order valence-electron chi connectivity index (χ2n) is 4.31. The molecule has 1 aromatic heterocycles. The minimum atomic E-state index is -0.168. The highest BCUT2D eigenvalue weighted by molar-refractivity contribution is 7.03. The summed E-state index contributed by atoms with van der Waals surface area (Å²) in [4.78, 5) is 11.9. The predicted octanol–water partition coefficient (Wildman–Crippen LogP) is 1.54. The Labute approximate surface area is 108 Å². The standard InChI is InChI=1S/C12H12N4OS/c13-8-2-3-9-7(5-8)1-4-10(9)14-12(17)11-6-18-16-15-11/h2-3,5-6,10H,1,4,13H2,(H,14,17). The summed E-state index contributed by atoms with van der Waals surface area (Å²) in [5.41, 5.74) is 9.27. The number of nitrogens with two attached hydrogens (primary N) is 1. The number of amides is 1. The van der Waals surface area contributed by atoms with Gasteiger partial charge in [-0.2, -0.15) is 0 Å².